The Kier molecular flexibility index (Phi) is 4.00. The lowest BCUT2D eigenvalue weighted by Gasteiger charge is -2.37. The fourth-order valence-electron chi connectivity index (χ4n) is 3.16. The SMILES string of the molecule is Cc1cc([N+](=O)[O-])c(OC2CC2)cc1C1CCN(C)CC1(F)F. The summed E-state index contributed by atoms with van der Waals surface area (Å²) in [6.45, 7) is 1.93. The standard InChI is InChI=1S/C16H20F2N2O3/c1-10-7-14(20(21)22)15(23-11-3-4-11)8-12(10)13-5-6-19(2)9-16(13,17)18/h7-8,11,13H,3-6,9H2,1-2H3. The number of nitro benzene ring substituents is 1. The van der Waals surface area contributed by atoms with Crippen molar-refractivity contribution in [1.29, 1.82) is 0 Å². The monoisotopic (exact) mass is 326 g/mol. The van der Waals surface area contributed by atoms with Crippen molar-refractivity contribution in [2.75, 3.05) is 20.1 Å². The lowest BCUT2D eigenvalue weighted by Crippen LogP contribution is -2.45. The molecule has 1 aromatic carbocycles. The maximum absolute atomic E-state index is 14.4. The highest BCUT2D eigenvalue weighted by atomic mass is 19.3. The van der Waals surface area contributed by atoms with Crippen LogP contribution in [0.2, 0.25) is 0 Å². The van der Waals surface area contributed by atoms with E-state index in [1.165, 1.54) is 12.1 Å². The summed E-state index contributed by atoms with van der Waals surface area (Å²) in [4.78, 5) is 12.3. The number of halogens is 2. The Labute approximate surface area is 133 Å². The number of alkyl halides is 2. The van der Waals surface area contributed by atoms with Crippen molar-refractivity contribution in [3.05, 3.63) is 33.4 Å². The van der Waals surface area contributed by atoms with E-state index in [1.807, 2.05) is 0 Å². The molecular weight excluding hydrogens is 306 g/mol. The van der Waals surface area contributed by atoms with Crippen molar-refractivity contribution in [3.8, 4) is 5.75 Å². The predicted molar refractivity (Wildman–Crippen MR) is 81.3 cm³/mol. The zero-order valence-corrected chi connectivity index (χ0v) is 13.2. The van der Waals surface area contributed by atoms with Crippen LogP contribution in [-0.4, -0.2) is 42.0 Å². The van der Waals surface area contributed by atoms with Gasteiger partial charge in [-0.15, -0.1) is 0 Å². The summed E-state index contributed by atoms with van der Waals surface area (Å²) in [7, 11) is 1.68. The molecule has 1 atom stereocenters. The van der Waals surface area contributed by atoms with Crippen LogP contribution in [0.5, 0.6) is 5.75 Å². The van der Waals surface area contributed by atoms with E-state index in [2.05, 4.69) is 0 Å². The zero-order valence-electron chi connectivity index (χ0n) is 13.2. The molecular formula is C16H20F2N2O3. The Morgan fingerprint density at radius 1 is 1.35 bits per heavy atom. The molecule has 5 nitrogen and oxygen atoms in total. The number of piperidine rings is 1. The number of nitrogens with zero attached hydrogens (tertiary/aromatic N) is 2. The molecule has 7 heteroatoms. The average molecular weight is 326 g/mol. The molecule has 0 amide bonds. The summed E-state index contributed by atoms with van der Waals surface area (Å²) in [5, 5.41) is 11.2. The van der Waals surface area contributed by atoms with Crippen LogP contribution in [0.3, 0.4) is 0 Å². The summed E-state index contributed by atoms with van der Waals surface area (Å²) in [6, 6.07) is 2.83. The van der Waals surface area contributed by atoms with E-state index >= 15 is 0 Å². The second-order valence-corrected chi connectivity index (χ2v) is 6.59. The van der Waals surface area contributed by atoms with Gasteiger partial charge in [-0.05, 0) is 57.0 Å². The highest BCUT2D eigenvalue weighted by Gasteiger charge is 2.45. The lowest BCUT2D eigenvalue weighted by atomic mass is 9.83. The molecule has 1 unspecified atom stereocenters. The number of nitro groups is 1. The van der Waals surface area contributed by atoms with E-state index in [9.17, 15) is 18.9 Å². The number of hydrogen-bond donors (Lipinski definition) is 0. The van der Waals surface area contributed by atoms with Gasteiger partial charge in [-0.3, -0.25) is 10.1 Å². The van der Waals surface area contributed by atoms with E-state index in [0.717, 1.165) is 12.8 Å². The summed E-state index contributed by atoms with van der Waals surface area (Å²) in [5.74, 6) is -3.67. The van der Waals surface area contributed by atoms with Gasteiger partial charge in [0.2, 0.25) is 0 Å². The Morgan fingerprint density at radius 3 is 2.61 bits per heavy atom. The molecule has 0 bridgehead atoms. The van der Waals surface area contributed by atoms with Gasteiger partial charge in [-0.2, -0.15) is 0 Å². The molecule has 1 saturated carbocycles. The van der Waals surface area contributed by atoms with Crippen LogP contribution in [0.15, 0.2) is 12.1 Å². The Bertz CT molecular complexity index is 632. The number of hydrogen-bond acceptors (Lipinski definition) is 4. The predicted octanol–water partition coefficient (Wildman–Crippen LogP) is 3.50. The molecule has 0 N–H and O–H groups in total. The van der Waals surface area contributed by atoms with Crippen LogP contribution in [0, 0.1) is 17.0 Å². The number of benzene rings is 1. The highest BCUT2D eigenvalue weighted by molar-refractivity contribution is 5.53. The van der Waals surface area contributed by atoms with Gasteiger partial charge in [0, 0.05) is 6.07 Å². The molecule has 1 heterocycles. The zero-order chi connectivity index (χ0) is 16.8. The first-order valence-corrected chi connectivity index (χ1v) is 7.80. The molecule has 23 heavy (non-hydrogen) atoms. The minimum Gasteiger partial charge on any atom is -0.483 e. The third kappa shape index (κ3) is 3.29. The van der Waals surface area contributed by atoms with Gasteiger partial charge in [0.15, 0.2) is 5.75 Å². The first-order valence-electron chi connectivity index (χ1n) is 7.80. The third-order valence-corrected chi connectivity index (χ3v) is 4.53. The fraction of sp³-hybridized carbons (Fsp3) is 0.625. The van der Waals surface area contributed by atoms with Crippen LogP contribution < -0.4 is 4.74 Å². The second-order valence-electron chi connectivity index (χ2n) is 6.59. The molecule has 1 aromatic rings. The molecule has 2 fully saturated rings. The third-order valence-electron chi connectivity index (χ3n) is 4.53. The van der Waals surface area contributed by atoms with Gasteiger partial charge in [-0.25, -0.2) is 8.78 Å². The maximum atomic E-state index is 14.4. The van der Waals surface area contributed by atoms with E-state index in [-0.39, 0.29) is 24.1 Å². The number of aryl methyl sites for hydroxylation is 1. The van der Waals surface area contributed by atoms with E-state index in [1.54, 1.807) is 18.9 Å². The average Bonchev–Trinajstić information content (AvgIpc) is 3.23. The van der Waals surface area contributed by atoms with E-state index in [4.69, 9.17) is 4.74 Å². The van der Waals surface area contributed by atoms with Crippen molar-refractivity contribution < 1.29 is 18.4 Å². The van der Waals surface area contributed by atoms with Crippen LogP contribution >= 0.6 is 0 Å². The van der Waals surface area contributed by atoms with Crippen molar-refractivity contribution in [2.45, 2.75) is 44.1 Å². The molecule has 0 spiro atoms. The van der Waals surface area contributed by atoms with Gasteiger partial charge in [0.25, 0.3) is 5.92 Å². The molecule has 0 radical (unpaired) electrons. The smallest absolute Gasteiger partial charge is 0.311 e. The fourth-order valence-corrected chi connectivity index (χ4v) is 3.16. The summed E-state index contributed by atoms with van der Waals surface area (Å²) in [6.07, 6.45) is 2.00. The first-order chi connectivity index (χ1) is 10.8. The molecule has 2 aliphatic rings. The van der Waals surface area contributed by atoms with Crippen molar-refractivity contribution in [1.82, 2.24) is 4.90 Å². The quantitative estimate of drug-likeness (QED) is 0.628. The van der Waals surface area contributed by atoms with Gasteiger partial charge < -0.3 is 9.64 Å². The molecule has 126 valence electrons. The van der Waals surface area contributed by atoms with Gasteiger partial charge in [-0.1, -0.05) is 0 Å². The molecule has 1 aliphatic carbocycles. The Morgan fingerprint density at radius 2 is 2.04 bits per heavy atom. The van der Waals surface area contributed by atoms with Crippen LogP contribution in [0.25, 0.3) is 0 Å². The molecule has 3 rings (SSSR count). The van der Waals surface area contributed by atoms with Crippen molar-refractivity contribution in [3.63, 3.8) is 0 Å². The van der Waals surface area contributed by atoms with Gasteiger partial charge in [0.05, 0.1) is 23.5 Å². The number of likely N-dealkylation sites (tertiary alicyclic amines) is 1. The minimum atomic E-state index is -2.86. The minimum absolute atomic E-state index is 0.0257. The van der Waals surface area contributed by atoms with Crippen molar-refractivity contribution in [2.24, 2.45) is 0 Å². The van der Waals surface area contributed by atoms with Crippen molar-refractivity contribution >= 4 is 5.69 Å². The van der Waals surface area contributed by atoms with Crippen LogP contribution in [0.4, 0.5) is 14.5 Å². The molecule has 1 saturated heterocycles. The maximum Gasteiger partial charge on any atom is 0.311 e. The highest BCUT2D eigenvalue weighted by Crippen LogP contribution is 2.44. The largest absolute Gasteiger partial charge is 0.483 e. The summed E-state index contributed by atoms with van der Waals surface area (Å²) < 4.78 is 34.5. The van der Waals surface area contributed by atoms with Crippen LogP contribution in [0.1, 0.15) is 36.3 Å². The summed E-state index contributed by atoms with van der Waals surface area (Å²) >= 11 is 0. The molecule has 0 aromatic heterocycles. The van der Waals surface area contributed by atoms with E-state index in [0.29, 0.717) is 24.1 Å². The second kappa shape index (κ2) is 5.70. The van der Waals surface area contributed by atoms with E-state index < -0.39 is 16.8 Å². The van der Waals surface area contributed by atoms with Gasteiger partial charge >= 0.3 is 5.69 Å². The van der Waals surface area contributed by atoms with Gasteiger partial charge in [0.1, 0.15) is 0 Å². The number of rotatable bonds is 4. The normalized spacial score (nSPS) is 24.4. The first kappa shape index (κ1) is 16.1. The lowest BCUT2D eigenvalue weighted by molar-refractivity contribution is -0.386. The Hall–Kier alpha value is -1.76. The van der Waals surface area contributed by atoms with Crippen LogP contribution in [-0.2, 0) is 0 Å². The topological polar surface area (TPSA) is 55.6 Å². The number of ether oxygens (including phenoxy) is 1. The Balaban J connectivity index is 1.99. The summed E-state index contributed by atoms with van der Waals surface area (Å²) in [5.41, 5.74) is 0.841. The molecule has 1 aliphatic heterocycles.